The zero-order valence-corrected chi connectivity index (χ0v) is 17.8. The number of rotatable bonds is 4. The van der Waals surface area contributed by atoms with Crippen molar-refractivity contribution in [2.45, 2.75) is 33.2 Å². The maximum absolute atomic E-state index is 11.2. The lowest BCUT2D eigenvalue weighted by Crippen LogP contribution is -2.44. The lowest BCUT2D eigenvalue weighted by Gasteiger charge is -2.43. The van der Waals surface area contributed by atoms with Crippen LogP contribution < -0.4 is 4.90 Å². The Labute approximate surface area is 175 Å². The summed E-state index contributed by atoms with van der Waals surface area (Å²) in [5.74, 6) is -1.03. The van der Waals surface area contributed by atoms with Gasteiger partial charge in [0, 0.05) is 29.6 Å². The Morgan fingerprint density at radius 1 is 1.21 bits per heavy atom. The zero-order valence-electron chi connectivity index (χ0n) is 16.3. The number of likely N-dealkylation sites (N-methyl/N-ethyl adjacent to an activating group) is 1. The number of anilines is 1. The number of aromatic carboxylic acids is 1. The van der Waals surface area contributed by atoms with Crippen molar-refractivity contribution in [3.8, 4) is 0 Å². The molecule has 0 aliphatic carbocycles. The van der Waals surface area contributed by atoms with E-state index in [9.17, 15) is 4.79 Å². The third kappa shape index (κ3) is 3.80. The number of benzene rings is 2. The van der Waals surface area contributed by atoms with Crippen LogP contribution in [0.25, 0.3) is 5.57 Å². The lowest BCUT2D eigenvalue weighted by atomic mass is 9.88. The van der Waals surface area contributed by atoms with Crippen molar-refractivity contribution in [2.24, 2.45) is 4.99 Å². The third-order valence-corrected chi connectivity index (χ3v) is 5.60. The third-order valence-electron chi connectivity index (χ3n) is 4.95. The minimum Gasteiger partial charge on any atom is -0.478 e. The number of carboxylic acid groups (broad SMARTS) is 1. The molecular weight excluding hydrogens is 395 g/mol. The highest BCUT2D eigenvalue weighted by atomic mass is 35.5. The van der Waals surface area contributed by atoms with Gasteiger partial charge in [0.05, 0.1) is 26.8 Å². The molecule has 2 aromatic carbocycles. The molecule has 1 heterocycles. The molecule has 0 saturated heterocycles. The summed E-state index contributed by atoms with van der Waals surface area (Å²) in [5.41, 5.74) is 4.57. The first-order valence-electron chi connectivity index (χ1n) is 9.02. The Morgan fingerprint density at radius 3 is 2.57 bits per heavy atom. The second kappa shape index (κ2) is 7.61. The summed E-state index contributed by atoms with van der Waals surface area (Å²) >= 11 is 12.7. The van der Waals surface area contributed by atoms with Crippen LogP contribution in [0.4, 0.5) is 11.4 Å². The number of aliphatic imine (C=N–C) groups is 1. The first-order valence-corrected chi connectivity index (χ1v) is 9.77. The summed E-state index contributed by atoms with van der Waals surface area (Å²) in [4.78, 5) is 17.9. The van der Waals surface area contributed by atoms with E-state index in [1.165, 1.54) is 23.8 Å². The molecule has 0 atom stereocenters. The zero-order chi connectivity index (χ0) is 20.6. The van der Waals surface area contributed by atoms with Crippen molar-refractivity contribution in [2.75, 3.05) is 11.4 Å². The van der Waals surface area contributed by atoms with Crippen LogP contribution in [0, 0.1) is 0 Å². The summed E-state index contributed by atoms with van der Waals surface area (Å²) in [6.45, 7) is 9.45. The summed E-state index contributed by atoms with van der Waals surface area (Å²) in [6, 6.07) is 8.40. The molecule has 4 nitrogen and oxygen atoms in total. The largest absolute Gasteiger partial charge is 0.478 e. The molecule has 2 aromatic rings. The van der Waals surface area contributed by atoms with Gasteiger partial charge in [-0.15, -0.1) is 0 Å². The first kappa shape index (κ1) is 20.4. The monoisotopic (exact) mass is 416 g/mol. The van der Waals surface area contributed by atoms with E-state index in [-0.39, 0.29) is 11.1 Å². The van der Waals surface area contributed by atoms with Gasteiger partial charge in [0.25, 0.3) is 0 Å². The Hall–Kier alpha value is -2.30. The van der Waals surface area contributed by atoms with Gasteiger partial charge < -0.3 is 10.0 Å². The Kier molecular flexibility index (Phi) is 5.55. The van der Waals surface area contributed by atoms with E-state index in [2.05, 4.69) is 43.7 Å². The summed E-state index contributed by atoms with van der Waals surface area (Å²) in [7, 11) is 0. The quantitative estimate of drug-likeness (QED) is 0.581. The Bertz CT molecular complexity index is 1010. The van der Waals surface area contributed by atoms with Crippen molar-refractivity contribution in [1.82, 2.24) is 0 Å². The van der Waals surface area contributed by atoms with Crippen molar-refractivity contribution in [3.05, 3.63) is 63.1 Å². The average molecular weight is 417 g/mol. The van der Waals surface area contributed by atoms with Crippen LogP contribution in [0.1, 0.15) is 49.2 Å². The number of nitrogens with zero attached hydrogens (tertiary/aromatic N) is 2. The molecule has 6 heteroatoms. The normalized spacial score (nSPS) is 15.5. The predicted octanol–water partition coefficient (Wildman–Crippen LogP) is 6.46. The van der Waals surface area contributed by atoms with Crippen LogP contribution >= 0.6 is 23.2 Å². The number of fused-ring (bicyclic) bond motifs is 1. The fourth-order valence-electron chi connectivity index (χ4n) is 3.68. The highest BCUT2D eigenvalue weighted by Crippen LogP contribution is 2.41. The molecule has 0 unspecified atom stereocenters. The van der Waals surface area contributed by atoms with Gasteiger partial charge in [-0.05, 0) is 63.6 Å². The summed E-state index contributed by atoms with van der Waals surface area (Å²) in [5, 5.41) is 10.1. The fraction of sp³-hybridized carbons (Fsp3) is 0.273. The van der Waals surface area contributed by atoms with Crippen molar-refractivity contribution in [1.29, 1.82) is 0 Å². The van der Waals surface area contributed by atoms with Crippen molar-refractivity contribution < 1.29 is 9.90 Å². The number of allylic oxidation sites excluding steroid dienone is 1. The molecule has 1 aliphatic heterocycles. The smallest absolute Gasteiger partial charge is 0.335 e. The molecule has 0 aromatic heterocycles. The van der Waals surface area contributed by atoms with Crippen LogP contribution in [0.2, 0.25) is 10.0 Å². The number of halogens is 2. The van der Waals surface area contributed by atoms with Crippen LogP contribution in [0.3, 0.4) is 0 Å². The Balaban J connectivity index is 2.04. The van der Waals surface area contributed by atoms with E-state index in [1.54, 1.807) is 6.21 Å². The van der Waals surface area contributed by atoms with Gasteiger partial charge in [-0.3, -0.25) is 4.99 Å². The van der Waals surface area contributed by atoms with Gasteiger partial charge in [-0.1, -0.05) is 29.3 Å². The molecule has 1 aliphatic rings. The standard InChI is InChI=1S/C22H22Cl2N2O2/c1-5-26-20-10-18(24)15(8-16(20)13(2)11-22(26,3)4)12-25-19-9-14(21(27)28)6-7-17(19)23/h6-12H,5H2,1-4H3,(H,27,28). The number of hydrogen-bond donors (Lipinski definition) is 1. The molecule has 0 saturated carbocycles. The molecule has 0 amide bonds. The van der Waals surface area contributed by atoms with E-state index in [0.29, 0.717) is 15.7 Å². The van der Waals surface area contributed by atoms with Gasteiger partial charge in [-0.25, -0.2) is 4.79 Å². The lowest BCUT2D eigenvalue weighted by molar-refractivity contribution is 0.0697. The van der Waals surface area contributed by atoms with Gasteiger partial charge in [0.1, 0.15) is 0 Å². The molecule has 1 N–H and O–H groups in total. The van der Waals surface area contributed by atoms with Crippen LogP contribution in [0.15, 0.2) is 41.4 Å². The van der Waals surface area contributed by atoms with Crippen molar-refractivity contribution >= 4 is 52.3 Å². The number of carboxylic acids is 1. The topological polar surface area (TPSA) is 52.9 Å². The molecular formula is C22H22Cl2N2O2. The molecule has 3 rings (SSSR count). The minimum atomic E-state index is -1.03. The molecule has 28 heavy (non-hydrogen) atoms. The number of hydrogen-bond acceptors (Lipinski definition) is 3. The molecule has 0 fully saturated rings. The Morgan fingerprint density at radius 2 is 1.93 bits per heavy atom. The maximum Gasteiger partial charge on any atom is 0.335 e. The van der Waals surface area contributed by atoms with Gasteiger partial charge in [0.2, 0.25) is 0 Å². The molecule has 0 spiro atoms. The fourth-order valence-corrected chi connectivity index (χ4v) is 4.05. The summed E-state index contributed by atoms with van der Waals surface area (Å²) < 4.78 is 0. The van der Waals surface area contributed by atoms with E-state index in [1.807, 2.05) is 12.1 Å². The highest BCUT2D eigenvalue weighted by Gasteiger charge is 2.30. The van der Waals surface area contributed by atoms with E-state index >= 15 is 0 Å². The van der Waals surface area contributed by atoms with E-state index in [0.717, 1.165) is 23.4 Å². The maximum atomic E-state index is 11.2. The molecule has 146 valence electrons. The highest BCUT2D eigenvalue weighted by molar-refractivity contribution is 6.34. The van der Waals surface area contributed by atoms with Crippen LogP contribution in [-0.4, -0.2) is 29.4 Å². The minimum absolute atomic E-state index is 0.0877. The van der Waals surface area contributed by atoms with Gasteiger partial charge in [0.15, 0.2) is 0 Å². The molecule has 0 radical (unpaired) electrons. The second-order valence-electron chi connectivity index (χ2n) is 7.35. The van der Waals surface area contributed by atoms with Gasteiger partial charge >= 0.3 is 5.97 Å². The van der Waals surface area contributed by atoms with E-state index < -0.39 is 5.97 Å². The summed E-state index contributed by atoms with van der Waals surface area (Å²) in [6.07, 6.45) is 3.87. The van der Waals surface area contributed by atoms with Crippen molar-refractivity contribution in [3.63, 3.8) is 0 Å². The predicted molar refractivity (Wildman–Crippen MR) is 118 cm³/mol. The van der Waals surface area contributed by atoms with E-state index in [4.69, 9.17) is 28.3 Å². The molecule has 0 bridgehead atoms. The second-order valence-corrected chi connectivity index (χ2v) is 8.16. The SMILES string of the molecule is CCN1c2cc(Cl)c(C=Nc3cc(C(=O)O)ccc3Cl)cc2C(C)=CC1(C)C. The van der Waals surface area contributed by atoms with Crippen LogP contribution in [-0.2, 0) is 0 Å². The number of carbonyl (C=O) groups is 1. The first-order chi connectivity index (χ1) is 13.1. The average Bonchev–Trinajstić information content (AvgIpc) is 2.61. The van der Waals surface area contributed by atoms with Crippen LogP contribution in [0.5, 0.6) is 0 Å². The van der Waals surface area contributed by atoms with Gasteiger partial charge in [-0.2, -0.15) is 0 Å².